The minimum Gasteiger partial charge on any atom is -0.508 e. The molecule has 0 aromatic heterocycles. The number of carbonyl (C=O) groups excluding carboxylic acids is 1. The van der Waals surface area contributed by atoms with Crippen molar-refractivity contribution in [2.24, 2.45) is 5.73 Å². The lowest BCUT2D eigenvalue weighted by Crippen LogP contribution is -2.13. The lowest BCUT2D eigenvalue weighted by atomic mass is 10.1. The van der Waals surface area contributed by atoms with E-state index in [1.165, 1.54) is 6.07 Å². The van der Waals surface area contributed by atoms with Gasteiger partial charge < -0.3 is 16.2 Å². The quantitative estimate of drug-likeness (QED) is 0.755. The molecule has 0 aliphatic heterocycles. The Labute approximate surface area is 122 Å². The average molecular weight is 286 g/mol. The molecule has 2 rings (SSSR count). The normalized spacial score (nSPS) is 10.0. The summed E-state index contributed by atoms with van der Waals surface area (Å²) in [7, 11) is 0. The summed E-state index contributed by atoms with van der Waals surface area (Å²) in [6.07, 6.45) is 0.518. The van der Waals surface area contributed by atoms with Crippen LogP contribution in [0.5, 0.6) is 5.75 Å². The fourth-order valence-corrected chi connectivity index (χ4v) is 1.93. The molecule has 0 spiro atoms. The third kappa shape index (κ3) is 3.80. The minimum atomic E-state index is -0.238. The summed E-state index contributed by atoms with van der Waals surface area (Å²) in [5, 5.41) is 12.1. The number of phenolic OH excluding ortho intramolecular Hbond substituents is 1. The summed E-state index contributed by atoms with van der Waals surface area (Å²) in [6, 6.07) is 13.5. The van der Waals surface area contributed by atoms with Crippen LogP contribution in [0.4, 0.5) is 5.69 Å². The van der Waals surface area contributed by atoms with Gasteiger partial charge in [-0.2, -0.15) is 0 Å². The molecule has 0 bridgehead atoms. The topological polar surface area (TPSA) is 75.4 Å². The van der Waals surface area contributed by atoms with Gasteiger partial charge in [0.15, 0.2) is 0 Å². The van der Waals surface area contributed by atoms with Gasteiger partial charge in [-0.1, -0.05) is 30.4 Å². The van der Waals surface area contributed by atoms with Crippen LogP contribution in [0.1, 0.15) is 15.9 Å². The molecule has 2 aromatic carbocycles. The third-order valence-corrected chi connectivity index (χ3v) is 2.84. The van der Waals surface area contributed by atoms with Gasteiger partial charge in [0.05, 0.1) is 4.99 Å². The van der Waals surface area contributed by atoms with Gasteiger partial charge in [0.1, 0.15) is 5.75 Å². The Hall–Kier alpha value is -2.40. The second-order valence-electron chi connectivity index (χ2n) is 4.34. The molecule has 0 fully saturated rings. The highest BCUT2D eigenvalue weighted by Gasteiger charge is 2.06. The monoisotopic (exact) mass is 286 g/mol. The maximum Gasteiger partial charge on any atom is 0.255 e. The molecule has 0 heterocycles. The molecule has 102 valence electrons. The van der Waals surface area contributed by atoms with Crippen molar-refractivity contribution in [1.29, 1.82) is 0 Å². The van der Waals surface area contributed by atoms with E-state index in [9.17, 15) is 9.90 Å². The first kappa shape index (κ1) is 14.0. The second kappa shape index (κ2) is 6.16. The standard InChI is InChI=1S/C15H14N2O2S/c16-14(20)8-10-4-6-11(7-5-10)15(19)17-12-2-1-3-13(18)9-12/h1-7,9,18H,8H2,(H2,16,20)(H,17,19). The van der Waals surface area contributed by atoms with Crippen LogP contribution < -0.4 is 11.1 Å². The maximum atomic E-state index is 12.0. The number of aromatic hydroxyl groups is 1. The lowest BCUT2D eigenvalue weighted by Gasteiger charge is -2.06. The van der Waals surface area contributed by atoms with Gasteiger partial charge in [0.2, 0.25) is 0 Å². The summed E-state index contributed by atoms with van der Waals surface area (Å²) in [6.45, 7) is 0. The van der Waals surface area contributed by atoms with Gasteiger partial charge in [0.25, 0.3) is 5.91 Å². The highest BCUT2D eigenvalue weighted by molar-refractivity contribution is 7.80. The summed E-state index contributed by atoms with van der Waals surface area (Å²) in [4.78, 5) is 12.4. The summed E-state index contributed by atoms with van der Waals surface area (Å²) in [5.74, 6) is -0.132. The van der Waals surface area contributed by atoms with Gasteiger partial charge in [-0.05, 0) is 29.8 Å². The molecule has 0 saturated heterocycles. The highest BCUT2D eigenvalue weighted by Crippen LogP contribution is 2.16. The second-order valence-corrected chi connectivity index (χ2v) is 4.87. The summed E-state index contributed by atoms with van der Waals surface area (Å²) in [5.41, 5.74) is 7.50. The Balaban J connectivity index is 2.07. The van der Waals surface area contributed by atoms with Gasteiger partial charge in [0, 0.05) is 23.7 Å². The van der Waals surface area contributed by atoms with Crippen LogP contribution in [0, 0.1) is 0 Å². The largest absolute Gasteiger partial charge is 0.508 e. The molecule has 0 unspecified atom stereocenters. The van der Waals surface area contributed by atoms with E-state index in [1.54, 1.807) is 30.3 Å². The van der Waals surface area contributed by atoms with Gasteiger partial charge >= 0.3 is 0 Å². The van der Waals surface area contributed by atoms with Gasteiger partial charge in [-0.15, -0.1) is 0 Å². The van der Waals surface area contributed by atoms with Crippen molar-refractivity contribution >= 4 is 28.8 Å². The Morgan fingerprint density at radius 1 is 1.20 bits per heavy atom. The SMILES string of the molecule is NC(=S)Cc1ccc(C(=O)Nc2cccc(O)c2)cc1. The van der Waals surface area contributed by atoms with Crippen LogP contribution in [0.2, 0.25) is 0 Å². The van der Waals surface area contributed by atoms with E-state index < -0.39 is 0 Å². The molecule has 0 saturated carbocycles. The van der Waals surface area contributed by atoms with Crippen molar-refractivity contribution < 1.29 is 9.90 Å². The predicted molar refractivity (Wildman–Crippen MR) is 83.0 cm³/mol. The van der Waals surface area contributed by atoms with E-state index in [0.29, 0.717) is 22.7 Å². The maximum absolute atomic E-state index is 12.0. The number of benzene rings is 2. The van der Waals surface area contributed by atoms with E-state index in [4.69, 9.17) is 18.0 Å². The molecule has 5 heteroatoms. The van der Waals surface area contributed by atoms with E-state index in [-0.39, 0.29) is 11.7 Å². The summed E-state index contributed by atoms with van der Waals surface area (Å²) >= 11 is 4.84. The molecule has 0 atom stereocenters. The number of nitrogens with one attached hydrogen (secondary N) is 1. The van der Waals surface area contributed by atoms with Crippen LogP contribution in [-0.4, -0.2) is 16.0 Å². The highest BCUT2D eigenvalue weighted by atomic mass is 32.1. The van der Waals surface area contributed by atoms with Crippen molar-refractivity contribution in [2.45, 2.75) is 6.42 Å². The number of thiocarbonyl (C=S) groups is 1. The number of amides is 1. The Morgan fingerprint density at radius 2 is 1.90 bits per heavy atom. The van der Waals surface area contributed by atoms with Crippen LogP contribution in [-0.2, 0) is 6.42 Å². The summed E-state index contributed by atoms with van der Waals surface area (Å²) < 4.78 is 0. The minimum absolute atomic E-state index is 0.106. The molecule has 20 heavy (non-hydrogen) atoms. The number of nitrogens with two attached hydrogens (primary N) is 1. The molecule has 0 aliphatic rings. The third-order valence-electron chi connectivity index (χ3n) is 2.70. The first-order valence-electron chi connectivity index (χ1n) is 6.02. The molecular weight excluding hydrogens is 272 g/mol. The average Bonchev–Trinajstić information content (AvgIpc) is 2.38. The number of phenols is 1. The number of anilines is 1. The van der Waals surface area contributed by atoms with Crippen LogP contribution in [0.25, 0.3) is 0 Å². The van der Waals surface area contributed by atoms with Crippen molar-refractivity contribution in [3.8, 4) is 5.75 Å². The molecule has 0 radical (unpaired) electrons. The lowest BCUT2D eigenvalue weighted by molar-refractivity contribution is 0.102. The number of carbonyl (C=O) groups is 1. The Bertz CT molecular complexity index is 639. The Kier molecular flexibility index (Phi) is 4.32. The van der Waals surface area contributed by atoms with E-state index in [0.717, 1.165) is 5.56 Å². The zero-order chi connectivity index (χ0) is 14.5. The van der Waals surface area contributed by atoms with Gasteiger partial charge in [-0.25, -0.2) is 0 Å². The zero-order valence-electron chi connectivity index (χ0n) is 10.7. The smallest absolute Gasteiger partial charge is 0.255 e. The van der Waals surface area contributed by atoms with Crippen molar-refractivity contribution in [1.82, 2.24) is 0 Å². The molecule has 0 aliphatic carbocycles. The molecule has 4 nitrogen and oxygen atoms in total. The van der Waals surface area contributed by atoms with Crippen molar-refractivity contribution in [3.63, 3.8) is 0 Å². The fourth-order valence-electron chi connectivity index (χ4n) is 1.76. The van der Waals surface area contributed by atoms with E-state index >= 15 is 0 Å². The first-order valence-corrected chi connectivity index (χ1v) is 6.43. The van der Waals surface area contributed by atoms with E-state index in [2.05, 4.69) is 5.32 Å². The van der Waals surface area contributed by atoms with Crippen molar-refractivity contribution in [3.05, 3.63) is 59.7 Å². The first-order chi connectivity index (χ1) is 9.54. The number of hydrogen-bond donors (Lipinski definition) is 3. The van der Waals surface area contributed by atoms with Crippen molar-refractivity contribution in [2.75, 3.05) is 5.32 Å². The number of rotatable bonds is 4. The zero-order valence-corrected chi connectivity index (χ0v) is 11.5. The molecule has 4 N–H and O–H groups in total. The molecule has 1 amide bonds. The number of hydrogen-bond acceptors (Lipinski definition) is 3. The molecular formula is C15H14N2O2S. The van der Waals surface area contributed by atoms with E-state index in [1.807, 2.05) is 12.1 Å². The predicted octanol–water partition coefficient (Wildman–Crippen LogP) is 2.47. The van der Waals surface area contributed by atoms with Gasteiger partial charge in [-0.3, -0.25) is 4.79 Å². The molecule has 2 aromatic rings. The van der Waals surface area contributed by atoms with Crippen LogP contribution in [0.15, 0.2) is 48.5 Å². The Morgan fingerprint density at radius 3 is 2.50 bits per heavy atom. The fraction of sp³-hybridized carbons (Fsp3) is 0.0667. The van der Waals surface area contributed by atoms with Crippen LogP contribution >= 0.6 is 12.2 Å². The van der Waals surface area contributed by atoms with Crippen LogP contribution in [0.3, 0.4) is 0 Å².